The van der Waals surface area contributed by atoms with Crippen LogP contribution in [0.15, 0.2) is 35.3 Å². The summed E-state index contributed by atoms with van der Waals surface area (Å²) in [6, 6.07) is 10.0. The van der Waals surface area contributed by atoms with Crippen molar-refractivity contribution in [2.24, 2.45) is 10.4 Å². The Morgan fingerprint density at radius 3 is 2.43 bits per heavy atom. The summed E-state index contributed by atoms with van der Waals surface area (Å²) >= 11 is 0. The molecule has 2 rings (SSSR count). The molecule has 1 unspecified atom stereocenters. The molecule has 1 aromatic carbocycles. The van der Waals surface area contributed by atoms with Crippen LogP contribution in [0.25, 0.3) is 0 Å². The minimum absolute atomic E-state index is 0.120. The van der Waals surface area contributed by atoms with Crippen LogP contribution < -0.4 is 0 Å². The molecule has 1 heterocycles. The summed E-state index contributed by atoms with van der Waals surface area (Å²) in [5.74, 6) is 0. The molecule has 1 aromatic rings. The van der Waals surface area contributed by atoms with Crippen LogP contribution in [-0.2, 0) is 0 Å². The van der Waals surface area contributed by atoms with E-state index in [1.807, 2.05) is 44.2 Å². The Morgan fingerprint density at radius 1 is 1.29 bits per heavy atom. The highest BCUT2D eigenvalue weighted by Crippen LogP contribution is 2.34. The minimum atomic E-state index is -0.558. The van der Waals surface area contributed by atoms with Gasteiger partial charge in [0.2, 0.25) is 0 Å². The number of rotatable bonds is 1. The second kappa shape index (κ2) is 3.21. The van der Waals surface area contributed by atoms with Crippen molar-refractivity contribution < 1.29 is 5.11 Å². The summed E-state index contributed by atoms with van der Waals surface area (Å²) in [5, 5.41) is 9.70. The predicted octanol–water partition coefficient (Wildman–Crippen LogP) is 2.22. The van der Waals surface area contributed by atoms with Gasteiger partial charge in [-0.25, -0.2) is 0 Å². The molecule has 0 saturated heterocycles. The van der Waals surface area contributed by atoms with E-state index in [9.17, 15) is 5.11 Å². The molecule has 14 heavy (non-hydrogen) atoms. The Labute approximate surface area is 84.3 Å². The molecular formula is C12H15NO. The monoisotopic (exact) mass is 189 g/mol. The zero-order valence-electron chi connectivity index (χ0n) is 8.57. The summed E-state index contributed by atoms with van der Waals surface area (Å²) in [6.45, 7) is 4.08. The maximum atomic E-state index is 9.70. The van der Waals surface area contributed by atoms with E-state index < -0.39 is 6.23 Å². The van der Waals surface area contributed by atoms with Gasteiger partial charge in [-0.3, -0.25) is 4.99 Å². The van der Waals surface area contributed by atoms with Gasteiger partial charge in [-0.1, -0.05) is 44.2 Å². The highest BCUT2D eigenvalue weighted by atomic mass is 16.3. The van der Waals surface area contributed by atoms with E-state index in [0.29, 0.717) is 0 Å². The van der Waals surface area contributed by atoms with Crippen LogP contribution in [0.1, 0.15) is 25.8 Å². The number of nitrogens with zero attached hydrogens (tertiary/aromatic N) is 1. The van der Waals surface area contributed by atoms with Crippen LogP contribution in [0.4, 0.5) is 0 Å². The van der Waals surface area contributed by atoms with E-state index in [2.05, 4.69) is 4.99 Å². The van der Waals surface area contributed by atoms with Crippen molar-refractivity contribution in [3.05, 3.63) is 35.9 Å². The molecule has 1 aliphatic heterocycles. The Morgan fingerprint density at radius 2 is 1.93 bits per heavy atom. The van der Waals surface area contributed by atoms with Crippen LogP contribution in [-0.4, -0.2) is 17.0 Å². The third kappa shape index (κ3) is 1.58. The summed E-state index contributed by atoms with van der Waals surface area (Å²) in [7, 11) is 0. The van der Waals surface area contributed by atoms with E-state index in [4.69, 9.17) is 0 Å². The smallest absolute Gasteiger partial charge is 0.150 e. The fraction of sp³-hybridized carbons (Fsp3) is 0.417. The highest BCUT2D eigenvalue weighted by Gasteiger charge is 2.35. The molecule has 1 atom stereocenters. The largest absolute Gasteiger partial charge is 0.371 e. The van der Waals surface area contributed by atoms with Crippen LogP contribution in [0, 0.1) is 5.41 Å². The topological polar surface area (TPSA) is 32.6 Å². The molecule has 0 aromatic heterocycles. The van der Waals surface area contributed by atoms with E-state index in [-0.39, 0.29) is 5.41 Å². The van der Waals surface area contributed by atoms with Gasteiger partial charge in [-0.05, 0) is 12.0 Å². The van der Waals surface area contributed by atoms with Crippen LogP contribution in [0.2, 0.25) is 0 Å². The second-order valence-corrected chi connectivity index (χ2v) is 4.48. The van der Waals surface area contributed by atoms with Crippen molar-refractivity contribution >= 4 is 5.71 Å². The number of hydrogen-bond acceptors (Lipinski definition) is 2. The van der Waals surface area contributed by atoms with Crippen molar-refractivity contribution in [1.29, 1.82) is 0 Å². The first kappa shape index (κ1) is 9.41. The van der Waals surface area contributed by atoms with Gasteiger partial charge in [0.25, 0.3) is 0 Å². The molecule has 0 aliphatic carbocycles. The summed E-state index contributed by atoms with van der Waals surface area (Å²) < 4.78 is 0. The number of aliphatic imine (C=N–C) groups is 1. The van der Waals surface area contributed by atoms with Crippen LogP contribution in [0.3, 0.4) is 0 Å². The van der Waals surface area contributed by atoms with Gasteiger partial charge in [0.05, 0.1) is 0 Å². The quantitative estimate of drug-likeness (QED) is 0.722. The van der Waals surface area contributed by atoms with Crippen LogP contribution in [0.5, 0.6) is 0 Å². The Hall–Kier alpha value is -1.15. The average Bonchev–Trinajstić information content (AvgIpc) is 2.43. The van der Waals surface area contributed by atoms with Gasteiger partial charge in [-0.15, -0.1) is 0 Å². The van der Waals surface area contributed by atoms with Gasteiger partial charge < -0.3 is 5.11 Å². The number of aliphatic hydroxyl groups is 1. The Kier molecular flexibility index (Phi) is 2.16. The van der Waals surface area contributed by atoms with Crippen molar-refractivity contribution in [1.82, 2.24) is 0 Å². The van der Waals surface area contributed by atoms with Crippen molar-refractivity contribution in [3.8, 4) is 0 Å². The first-order valence-corrected chi connectivity index (χ1v) is 4.90. The molecule has 0 amide bonds. The average molecular weight is 189 g/mol. The van der Waals surface area contributed by atoms with Gasteiger partial charge in [0.15, 0.2) is 6.23 Å². The molecule has 2 heteroatoms. The Bertz CT molecular complexity index is 354. The van der Waals surface area contributed by atoms with Gasteiger partial charge >= 0.3 is 0 Å². The lowest BCUT2D eigenvalue weighted by molar-refractivity contribution is 0.0766. The minimum Gasteiger partial charge on any atom is -0.371 e. The van der Waals surface area contributed by atoms with E-state index in [0.717, 1.165) is 17.7 Å². The number of aliphatic hydroxyl groups excluding tert-OH is 1. The molecule has 2 nitrogen and oxygen atoms in total. The normalized spacial score (nSPS) is 24.8. The van der Waals surface area contributed by atoms with E-state index in [1.54, 1.807) is 0 Å². The maximum absolute atomic E-state index is 9.70. The van der Waals surface area contributed by atoms with Crippen molar-refractivity contribution in [3.63, 3.8) is 0 Å². The first-order chi connectivity index (χ1) is 6.59. The highest BCUT2D eigenvalue weighted by molar-refractivity contribution is 6.02. The molecule has 0 bridgehead atoms. The molecule has 1 N–H and O–H groups in total. The van der Waals surface area contributed by atoms with Gasteiger partial charge in [0, 0.05) is 11.1 Å². The maximum Gasteiger partial charge on any atom is 0.150 e. The summed E-state index contributed by atoms with van der Waals surface area (Å²) in [6.07, 6.45) is 0.288. The lowest BCUT2D eigenvalue weighted by Crippen LogP contribution is -2.22. The first-order valence-electron chi connectivity index (χ1n) is 4.90. The van der Waals surface area contributed by atoms with Gasteiger partial charge in [-0.2, -0.15) is 0 Å². The molecule has 0 radical (unpaired) electrons. The molecule has 0 spiro atoms. The third-order valence-corrected chi connectivity index (χ3v) is 2.71. The zero-order valence-corrected chi connectivity index (χ0v) is 8.57. The molecule has 0 saturated carbocycles. The fourth-order valence-electron chi connectivity index (χ4n) is 1.70. The molecule has 0 fully saturated rings. The number of hydrogen-bond donors (Lipinski definition) is 1. The lowest BCUT2D eigenvalue weighted by atomic mass is 9.87. The van der Waals surface area contributed by atoms with E-state index >= 15 is 0 Å². The molecule has 74 valence electrons. The van der Waals surface area contributed by atoms with E-state index in [1.165, 1.54) is 0 Å². The Balaban J connectivity index is 2.28. The number of benzene rings is 1. The summed E-state index contributed by atoms with van der Waals surface area (Å²) in [4.78, 5) is 4.28. The lowest BCUT2D eigenvalue weighted by Gasteiger charge is -2.19. The molecule has 1 aliphatic rings. The second-order valence-electron chi connectivity index (χ2n) is 4.48. The summed E-state index contributed by atoms with van der Waals surface area (Å²) in [5.41, 5.74) is 2.02. The molecular weight excluding hydrogens is 174 g/mol. The standard InChI is InChI=1S/C12H15NO/c1-12(2)8-10(13-11(12)14)9-6-4-3-5-7-9/h3-7,11,14H,8H2,1-2H3. The van der Waals surface area contributed by atoms with Crippen molar-refractivity contribution in [2.45, 2.75) is 26.5 Å². The van der Waals surface area contributed by atoms with Crippen LogP contribution >= 0.6 is 0 Å². The predicted molar refractivity (Wildman–Crippen MR) is 57.4 cm³/mol. The van der Waals surface area contributed by atoms with Crippen molar-refractivity contribution in [2.75, 3.05) is 0 Å². The SMILES string of the molecule is CC1(C)CC(c2ccccc2)=NC1O. The fourth-order valence-corrected chi connectivity index (χ4v) is 1.70. The third-order valence-electron chi connectivity index (χ3n) is 2.71. The van der Waals surface area contributed by atoms with Gasteiger partial charge in [0.1, 0.15) is 0 Å². The zero-order chi connectivity index (χ0) is 10.2.